The van der Waals surface area contributed by atoms with E-state index in [9.17, 15) is 8.42 Å². The standard InChI is InChI=1S/C8H8Br2O3S/c9-4-3-6-1-2-8(7(10)5-6)14(11,12)13/h1-2,5H,3-4H2,(H,11,12,13). The van der Waals surface area contributed by atoms with E-state index in [1.165, 1.54) is 6.07 Å². The molecule has 6 heteroatoms. The summed E-state index contributed by atoms with van der Waals surface area (Å²) in [4.78, 5) is -0.101. The zero-order chi connectivity index (χ0) is 10.8. The van der Waals surface area contributed by atoms with Gasteiger partial charge >= 0.3 is 0 Å². The Balaban J connectivity index is 3.15. The van der Waals surface area contributed by atoms with Gasteiger partial charge in [0.2, 0.25) is 0 Å². The van der Waals surface area contributed by atoms with Crippen LogP contribution in [0.5, 0.6) is 0 Å². The molecule has 0 heterocycles. The second kappa shape index (κ2) is 4.74. The molecule has 1 N–H and O–H groups in total. The van der Waals surface area contributed by atoms with Gasteiger partial charge in [-0.1, -0.05) is 22.0 Å². The van der Waals surface area contributed by atoms with Crippen molar-refractivity contribution < 1.29 is 13.0 Å². The van der Waals surface area contributed by atoms with Crippen LogP contribution in [0.25, 0.3) is 0 Å². The largest absolute Gasteiger partial charge is 0.295 e. The molecule has 1 rings (SSSR count). The molecule has 0 aromatic heterocycles. The van der Waals surface area contributed by atoms with Gasteiger partial charge in [0.05, 0.1) is 0 Å². The van der Waals surface area contributed by atoms with E-state index in [4.69, 9.17) is 4.55 Å². The number of alkyl halides is 1. The molecule has 1 aromatic rings. The fraction of sp³-hybridized carbons (Fsp3) is 0.250. The Morgan fingerprint density at radius 2 is 2.00 bits per heavy atom. The van der Waals surface area contributed by atoms with Crippen molar-refractivity contribution in [1.82, 2.24) is 0 Å². The average molecular weight is 344 g/mol. The monoisotopic (exact) mass is 342 g/mol. The molecule has 1 aromatic carbocycles. The molecule has 0 amide bonds. The van der Waals surface area contributed by atoms with Crippen molar-refractivity contribution in [1.29, 1.82) is 0 Å². The summed E-state index contributed by atoms with van der Waals surface area (Å²) in [6.45, 7) is 0. The fourth-order valence-corrected chi connectivity index (χ4v) is 3.06. The van der Waals surface area contributed by atoms with Crippen LogP contribution in [0, 0.1) is 0 Å². The quantitative estimate of drug-likeness (QED) is 0.678. The summed E-state index contributed by atoms with van der Waals surface area (Å²) in [6, 6.07) is 4.75. The maximum absolute atomic E-state index is 10.8. The number of rotatable bonds is 3. The van der Waals surface area contributed by atoms with Gasteiger partial charge in [-0.2, -0.15) is 8.42 Å². The fourth-order valence-electron chi connectivity index (χ4n) is 1.02. The predicted octanol–water partition coefficient (Wildman–Crippen LogP) is 2.63. The summed E-state index contributed by atoms with van der Waals surface area (Å²) in [5, 5.41) is 0.810. The smallest absolute Gasteiger partial charge is 0.282 e. The lowest BCUT2D eigenvalue weighted by Crippen LogP contribution is -2.00. The molecule has 0 radical (unpaired) electrons. The molecule has 0 bridgehead atoms. The topological polar surface area (TPSA) is 54.4 Å². The molecule has 0 aliphatic heterocycles. The van der Waals surface area contributed by atoms with Crippen molar-refractivity contribution in [3.8, 4) is 0 Å². The first kappa shape index (κ1) is 12.2. The Labute approximate surface area is 99.5 Å². The summed E-state index contributed by atoms with van der Waals surface area (Å²) < 4.78 is 30.9. The van der Waals surface area contributed by atoms with Crippen LogP contribution in [0.2, 0.25) is 0 Å². The third-order valence-corrected chi connectivity index (χ3v) is 3.88. The van der Waals surface area contributed by atoms with Gasteiger partial charge in [0, 0.05) is 9.80 Å². The molecule has 0 aliphatic rings. The second-order valence-corrected chi connectivity index (χ2v) is 5.72. The Kier molecular flexibility index (Phi) is 4.12. The van der Waals surface area contributed by atoms with Crippen molar-refractivity contribution in [2.24, 2.45) is 0 Å². The Morgan fingerprint density at radius 1 is 1.36 bits per heavy atom. The third-order valence-electron chi connectivity index (χ3n) is 1.66. The first-order chi connectivity index (χ1) is 6.45. The minimum absolute atomic E-state index is 0.101. The molecule has 78 valence electrons. The number of aryl methyl sites for hydroxylation is 1. The highest BCUT2D eigenvalue weighted by Gasteiger charge is 2.13. The number of halogens is 2. The van der Waals surface area contributed by atoms with E-state index >= 15 is 0 Å². The van der Waals surface area contributed by atoms with Crippen LogP contribution in [0.15, 0.2) is 27.6 Å². The molecule has 0 aliphatic carbocycles. The lowest BCUT2D eigenvalue weighted by molar-refractivity contribution is 0.482. The van der Waals surface area contributed by atoms with Crippen molar-refractivity contribution in [3.63, 3.8) is 0 Å². The maximum Gasteiger partial charge on any atom is 0.295 e. The Morgan fingerprint density at radius 3 is 2.43 bits per heavy atom. The van der Waals surface area contributed by atoms with Gasteiger partial charge in [-0.25, -0.2) is 0 Å². The van der Waals surface area contributed by atoms with Crippen LogP contribution in [0.4, 0.5) is 0 Å². The highest BCUT2D eigenvalue weighted by molar-refractivity contribution is 9.10. The van der Waals surface area contributed by atoms with Gasteiger partial charge in [-0.05, 0) is 40.0 Å². The Bertz CT molecular complexity index is 428. The predicted molar refractivity (Wildman–Crippen MR) is 61.5 cm³/mol. The first-order valence-corrected chi connectivity index (χ1v) is 7.12. The van der Waals surface area contributed by atoms with Gasteiger partial charge in [-0.15, -0.1) is 0 Å². The van der Waals surface area contributed by atoms with Crippen LogP contribution in [0.1, 0.15) is 5.56 Å². The lowest BCUT2D eigenvalue weighted by atomic mass is 10.2. The van der Waals surface area contributed by atoms with E-state index < -0.39 is 10.1 Å². The summed E-state index contributed by atoms with van der Waals surface area (Å²) >= 11 is 6.38. The summed E-state index contributed by atoms with van der Waals surface area (Å²) in [5.74, 6) is 0. The molecule has 14 heavy (non-hydrogen) atoms. The Hall–Kier alpha value is 0.0900. The molecular formula is C8H8Br2O3S. The maximum atomic E-state index is 10.8. The van der Waals surface area contributed by atoms with Gasteiger partial charge in [-0.3, -0.25) is 4.55 Å². The molecular weight excluding hydrogens is 336 g/mol. The van der Waals surface area contributed by atoms with E-state index in [0.29, 0.717) is 4.47 Å². The molecule has 0 fully saturated rings. The molecule has 0 atom stereocenters. The van der Waals surface area contributed by atoms with Gasteiger partial charge in [0.1, 0.15) is 4.90 Å². The van der Waals surface area contributed by atoms with Crippen molar-refractivity contribution in [2.45, 2.75) is 11.3 Å². The molecule has 0 saturated heterocycles. The highest BCUT2D eigenvalue weighted by atomic mass is 79.9. The van der Waals surface area contributed by atoms with E-state index in [-0.39, 0.29) is 4.90 Å². The minimum atomic E-state index is -4.12. The summed E-state index contributed by atoms with van der Waals surface area (Å²) in [6.07, 6.45) is 0.810. The van der Waals surface area contributed by atoms with E-state index in [2.05, 4.69) is 31.9 Å². The number of benzene rings is 1. The SMILES string of the molecule is O=S(=O)(O)c1ccc(CCBr)cc1Br. The summed E-state index contributed by atoms with van der Waals surface area (Å²) in [5.41, 5.74) is 1.00. The normalized spacial score (nSPS) is 11.6. The highest BCUT2D eigenvalue weighted by Crippen LogP contribution is 2.23. The van der Waals surface area contributed by atoms with E-state index in [0.717, 1.165) is 17.3 Å². The zero-order valence-electron chi connectivity index (χ0n) is 7.07. The van der Waals surface area contributed by atoms with Crippen LogP contribution >= 0.6 is 31.9 Å². The van der Waals surface area contributed by atoms with Gasteiger partial charge < -0.3 is 0 Å². The number of hydrogen-bond donors (Lipinski definition) is 1. The summed E-state index contributed by atoms with van der Waals surface area (Å²) in [7, 11) is -4.12. The van der Waals surface area contributed by atoms with E-state index in [1.807, 2.05) is 0 Å². The van der Waals surface area contributed by atoms with Crippen molar-refractivity contribution >= 4 is 42.0 Å². The van der Waals surface area contributed by atoms with Gasteiger partial charge in [0.25, 0.3) is 10.1 Å². The zero-order valence-corrected chi connectivity index (χ0v) is 11.1. The molecule has 0 unspecified atom stereocenters. The molecule has 0 spiro atoms. The van der Waals surface area contributed by atoms with Crippen LogP contribution in [0.3, 0.4) is 0 Å². The average Bonchev–Trinajstić information content (AvgIpc) is 2.02. The van der Waals surface area contributed by atoms with Crippen molar-refractivity contribution in [2.75, 3.05) is 5.33 Å². The molecule has 3 nitrogen and oxygen atoms in total. The second-order valence-electron chi connectivity index (χ2n) is 2.68. The molecule has 0 saturated carbocycles. The van der Waals surface area contributed by atoms with Crippen LogP contribution < -0.4 is 0 Å². The first-order valence-electron chi connectivity index (χ1n) is 3.77. The minimum Gasteiger partial charge on any atom is -0.282 e. The van der Waals surface area contributed by atoms with Gasteiger partial charge in [0.15, 0.2) is 0 Å². The third kappa shape index (κ3) is 3.05. The lowest BCUT2D eigenvalue weighted by Gasteiger charge is -2.03. The van der Waals surface area contributed by atoms with Crippen LogP contribution in [-0.2, 0) is 16.5 Å². The van der Waals surface area contributed by atoms with Crippen LogP contribution in [-0.4, -0.2) is 18.3 Å². The number of hydrogen-bond acceptors (Lipinski definition) is 2. The van der Waals surface area contributed by atoms with E-state index in [1.54, 1.807) is 12.1 Å². The van der Waals surface area contributed by atoms with Crippen molar-refractivity contribution in [3.05, 3.63) is 28.2 Å².